The number of aliphatic hydroxyl groups is 4. The van der Waals surface area contributed by atoms with E-state index in [9.17, 15) is 35.1 Å². The molecule has 11 nitrogen and oxygen atoms in total. The number of Topliss-reactive ketones (excluding diaryl/α,β-unsaturated/α-hetero) is 1. The number of hydrogen-bond acceptors (Lipinski definition) is 11. The molecule has 1 aliphatic heterocycles. The Hall–Kier alpha value is -2.80. The Morgan fingerprint density at radius 1 is 1.19 bits per heavy atom. The van der Waals surface area contributed by atoms with Crippen LogP contribution in [0.5, 0.6) is 17.2 Å². The summed E-state index contributed by atoms with van der Waals surface area (Å²) in [7, 11) is 1.42. The zero-order chi connectivity index (χ0) is 26.7. The molecule has 0 spiro atoms. The summed E-state index contributed by atoms with van der Waals surface area (Å²) in [6.45, 7) is 3.10. The lowest BCUT2D eigenvalue weighted by Crippen LogP contribution is -2.62. The number of phenols is 1. The van der Waals surface area contributed by atoms with Crippen molar-refractivity contribution in [1.82, 2.24) is 0 Å². The monoisotopic (exact) mass is 507 g/mol. The van der Waals surface area contributed by atoms with Crippen LogP contribution in [0.15, 0.2) is 18.2 Å². The van der Waals surface area contributed by atoms with Gasteiger partial charge in [0.1, 0.15) is 48.0 Å². The number of nitrogens with two attached hydrogens (primary N) is 1. The van der Waals surface area contributed by atoms with E-state index in [0.29, 0.717) is 23.0 Å². The highest BCUT2D eigenvalue weighted by molar-refractivity contribution is 6.07. The van der Waals surface area contributed by atoms with E-state index in [1.807, 2.05) is 0 Å². The normalized spacial score (nSPS) is 25.8. The molecule has 3 rings (SSSR count). The van der Waals surface area contributed by atoms with Gasteiger partial charge in [-0.25, -0.2) is 0 Å². The van der Waals surface area contributed by atoms with Crippen molar-refractivity contribution in [3.05, 3.63) is 29.3 Å². The molecular weight excluding hydrogens is 474 g/mol. The number of hydrogen-bond donors (Lipinski definition) is 6. The number of aldehydes is 1. The average Bonchev–Trinajstić information content (AvgIpc) is 2.82. The predicted octanol–water partition coefficient (Wildman–Crippen LogP) is 0.166. The van der Waals surface area contributed by atoms with Gasteiger partial charge in [0.15, 0.2) is 5.78 Å². The van der Waals surface area contributed by atoms with Crippen molar-refractivity contribution in [2.75, 3.05) is 13.7 Å². The average molecular weight is 508 g/mol. The van der Waals surface area contributed by atoms with Gasteiger partial charge in [-0.15, -0.1) is 0 Å². The van der Waals surface area contributed by atoms with Crippen LogP contribution in [0.3, 0.4) is 0 Å². The van der Waals surface area contributed by atoms with Gasteiger partial charge in [-0.2, -0.15) is 0 Å². The number of aliphatic hydroxyl groups excluding tert-OH is 4. The standard InChI is InChI=1S/C25H33NO10/c1-11-6-14-8-15(34-3)9-17(19(14)20(30)18(11)12(2)28)35-25-23(33)21(31)22(32)24(36-25)16(29)7-13(10-26)4-5-27/h5-6,8-9,13,16,21-25,29-33H,4,7,10,26H2,1-3H3. The van der Waals surface area contributed by atoms with Gasteiger partial charge < -0.3 is 50.3 Å². The molecule has 0 bridgehead atoms. The number of phenolic OH excluding ortho intramolecular Hbond substituents is 1. The van der Waals surface area contributed by atoms with E-state index in [-0.39, 0.29) is 53.5 Å². The van der Waals surface area contributed by atoms with Crippen LogP contribution >= 0.6 is 0 Å². The first-order chi connectivity index (χ1) is 17.0. The van der Waals surface area contributed by atoms with Crippen LogP contribution in [0, 0.1) is 12.8 Å². The summed E-state index contributed by atoms with van der Waals surface area (Å²) in [6.07, 6.45) is -8.68. The molecule has 11 heteroatoms. The number of methoxy groups -OCH3 is 1. The molecule has 7 atom stereocenters. The maximum absolute atomic E-state index is 12.2. The zero-order valence-corrected chi connectivity index (χ0v) is 20.3. The van der Waals surface area contributed by atoms with Crippen molar-refractivity contribution in [3.63, 3.8) is 0 Å². The highest BCUT2D eigenvalue weighted by Crippen LogP contribution is 2.42. The van der Waals surface area contributed by atoms with Gasteiger partial charge in [-0.1, -0.05) is 6.07 Å². The fourth-order valence-electron chi connectivity index (χ4n) is 4.56. The van der Waals surface area contributed by atoms with Crippen molar-refractivity contribution >= 4 is 22.8 Å². The second-order valence-electron chi connectivity index (χ2n) is 9.06. The van der Waals surface area contributed by atoms with E-state index in [1.54, 1.807) is 19.1 Å². The molecule has 0 saturated carbocycles. The third-order valence-electron chi connectivity index (χ3n) is 6.50. The Morgan fingerprint density at radius 2 is 1.89 bits per heavy atom. The van der Waals surface area contributed by atoms with Gasteiger partial charge in [0, 0.05) is 12.5 Å². The minimum atomic E-state index is -1.74. The Morgan fingerprint density at radius 3 is 2.47 bits per heavy atom. The van der Waals surface area contributed by atoms with Crippen LogP contribution in [0.1, 0.15) is 35.7 Å². The molecule has 1 heterocycles. The number of fused-ring (bicyclic) bond motifs is 1. The number of rotatable bonds is 10. The number of aromatic hydroxyl groups is 1. The quantitative estimate of drug-likeness (QED) is 0.190. The third kappa shape index (κ3) is 5.46. The molecule has 2 aromatic rings. The maximum Gasteiger partial charge on any atom is 0.229 e. The first kappa shape index (κ1) is 27.8. The Kier molecular flexibility index (Phi) is 8.88. The topological polar surface area (TPSA) is 189 Å². The molecule has 198 valence electrons. The molecule has 2 aromatic carbocycles. The van der Waals surface area contributed by atoms with Gasteiger partial charge in [-0.3, -0.25) is 4.79 Å². The van der Waals surface area contributed by atoms with Crippen molar-refractivity contribution in [2.24, 2.45) is 11.7 Å². The van der Waals surface area contributed by atoms with E-state index in [2.05, 4.69) is 0 Å². The summed E-state index contributed by atoms with van der Waals surface area (Å²) < 4.78 is 16.9. The molecule has 0 amide bonds. The third-order valence-corrected chi connectivity index (χ3v) is 6.50. The molecule has 1 aliphatic rings. The lowest BCUT2D eigenvalue weighted by molar-refractivity contribution is -0.288. The number of aryl methyl sites for hydroxylation is 1. The van der Waals surface area contributed by atoms with E-state index in [4.69, 9.17) is 19.9 Å². The number of ketones is 1. The van der Waals surface area contributed by atoms with Crippen LogP contribution in [0.25, 0.3) is 10.8 Å². The minimum absolute atomic E-state index is 0.00334. The molecule has 1 saturated heterocycles. The molecule has 1 fully saturated rings. The largest absolute Gasteiger partial charge is 0.506 e. The summed E-state index contributed by atoms with van der Waals surface area (Å²) in [5.41, 5.74) is 6.27. The molecule has 0 aromatic heterocycles. The van der Waals surface area contributed by atoms with Gasteiger partial charge in [0.25, 0.3) is 0 Å². The van der Waals surface area contributed by atoms with Crippen LogP contribution in [-0.4, -0.2) is 88.1 Å². The smallest absolute Gasteiger partial charge is 0.229 e. The fourth-order valence-corrected chi connectivity index (χ4v) is 4.56. The minimum Gasteiger partial charge on any atom is -0.506 e. The molecule has 7 N–H and O–H groups in total. The highest BCUT2D eigenvalue weighted by atomic mass is 16.7. The predicted molar refractivity (Wildman–Crippen MR) is 128 cm³/mol. The Bertz CT molecular complexity index is 1110. The second-order valence-corrected chi connectivity index (χ2v) is 9.06. The zero-order valence-electron chi connectivity index (χ0n) is 20.3. The van der Waals surface area contributed by atoms with E-state index in [0.717, 1.165) is 0 Å². The van der Waals surface area contributed by atoms with Crippen molar-refractivity contribution in [3.8, 4) is 17.2 Å². The number of carbonyl (C=O) groups excluding carboxylic acids is 2. The maximum atomic E-state index is 12.2. The SMILES string of the molecule is COc1cc(OC2OC(C(O)CC(CN)CC=O)C(O)C(O)C2O)c2c(O)c(C(C)=O)c(C)cc2c1. The lowest BCUT2D eigenvalue weighted by Gasteiger charge is -2.42. The van der Waals surface area contributed by atoms with Crippen LogP contribution < -0.4 is 15.2 Å². The van der Waals surface area contributed by atoms with Gasteiger partial charge in [0.05, 0.1) is 24.2 Å². The molecular formula is C25H33NO10. The van der Waals surface area contributed by atoms with Crippen LogP contribution in [-0.2, 0) is 9.53 Å². The van der Waals surface area contributed by atoms with Gasteiger partial charge in [0.2, 0.25) is 6.29 Å². The Labute approximate surface area is 208 Å². The van der Waals surface area contributed by atoms with Crippen molar-refractivity contribution < 1.29 is 49.3 Å². The number of benzene rings is 2. The summed E-state index contributed by atoms with van der Waals surface area (Å²) in [4.78, 5) is 23.0. The summed E-state index contributed by atoms with van der Waals surface area (Å²) in [5.74, 6) is -0.768. The van der Waals surface area contributed by atoms with Crippen molar-refractivity contribution in [2.45, 2.75) is 63.5 Å². The van der Waals surface area contributed by atoms with Crippen LogP contribution in [0.4, 0.5) is 0 Å². The molecule has 36 heavy (non-hydrogen) atoms. The molecule has 0 radical (unpaired) electrons. The first-order valence-corrected chi connectivity index (χ1v) is 11.6. The van der Waals surface area contributed by atoms with E-state index < -0.39 is 36.8 Å². The number of ether oxygens (including phenoxy) is 3. The Balaban J connectivity index is 2.00. The fraction of sp³-hybridized carbons (Fsp3) is 0.520. The highest BCUT2D eigenvalue weighted by Gasteiger charge is 2.48. The summed E-state index contributed by atoms with van der Waals surface area (Å²) in [5, 5.41) is 53.7. The van der Waals surface area contributed by atoms with Crippen molar-refractivity contribution in [1.29, 1.82) is 0 Å². The van der Waals surface area contributed by atoms with Gasteiger partial charge in [-0.05, 0) is 49.7 Å². The molecule has 0 aliphatic carbocycles. The van der Waals surface area contributed by atoms with E-state index in [1.165, 1.54) is 20.1 Å². The number of carbonyl (C=O) groups is 2. The van der Waals surface area contributed by atoms with Crippen LogP contribution in [0.2, 0.25) is 0 Å². The second kappa shape index (κ2) is 11.5. The van der Waals surface area contributed by atoms with E-state index >= 15 is 0 Å². The lowest BCUT2D eigenvalue weighted by atomic mass is 9.89. The summed E-state index contributed by atoms with van der Waals surface area (Å²) >= 11 is 0. The van der Waals surface area contributed by atoms with Gasteiger partial charge >= 0.3 is 0 Å². The molecule has 7 unspecified atom stereocenters. The summed E-state index contributed by atoms with van der Waals surface area (Å²) in [6, 6.07) is 4.71. The first-order valence-electron chi connectivity index (χ1n) is 11.6.